The summed E-state index contributed by atoms with van der Waals surface area (Å²) < 4.78 is 45.3. The highest BCUT2D eigenvalue weighted by Crippen LogP contribution is 2.54. The molecule has 3 aromatic rings. The molecule has 0 bridgehead atoms. The van der Waals surface area contributed by atoms with Gasteiger partial charge in [0.15, 0.2) is 11.4 Å². The number of piperazine rings is 1. The number of ketones is 1. The number of carbonyl (C=O) groups is 2. The fourth-order valence-corrected chi connectivity index (χ4v) is 7.72. The molecule has 13 nitrogen and oxygen atoms in total. The minimum absolute atomic E-state index is 0.0629. The van der Waals surface area contributed by atoms with Gasteiger partial charge in [0, 0.05) is 49.6 Å². The molecule has 4 atom stereocenters. The first-order valence-corrected chi connectivity index (χ1v) is 17.4. The van der Waals surface area contributed by atoms with Crippen LogP contribution in [0.5, 0.6) is 0 Å². The third-order valence-corrected chi connectivity index (χ3v) is 10.3. The van der Waals surface area contributed by atoms with Crippen LogP contribution in [-0.4, -0.2) is 105 Å². The molecule has 7 rings (SSSR count). The molecule has 1 N–H and O–H groups in total. The van der Waals surface area contributed by atoms with E-state index in [-0.39, 0.29) is 31.0 Å². The molecule has 276 valence electrons. The number of aromatic nitrogens is 3. The number of hydrogen-bond donors (Lipinski definition) is 1. The van der Waals surface area contributed by atoms with Crippen LogP contribution in [0.3, 0.4) is 0 Å². The van der Waals surface area contributed by atoms with Gasteiger partial charge >= 0.3 is 6.03 Å². The van der Waals surface area contributed by atoms with Gasteiger partial charge in [-0.3, -0.25) is 19.4 Å². The predicted molar refractivity (Wildman–Crippen MR) is 184 cm³/mol. The molecular formula is C37H44F2N8O5. The molecule has 4 unspecified atom stereocenters. The minimum Gasteiger partial charge on any atom is -0.341 e. The van der Waals surface area contributed by atoms with Crippen molar-refractivity contribution in [3.63, 3.8) is 0 Å². The van der Waals surface area contributed by atoms with Crippen molar-refractivity contribution in [1.82, 2.24) is 40.1 Å². The van der Waals surface area contributed by atoms with Crippen molar-refractivity contribution in [3.8, 4) is 0 Å². The largest absolute Gasteiger partial charge is 0.341 e. The summed E-state index contributed by atoms with van der Waals surface area (Å²) in [6, 6.07) is 12.0. The number of Topliss-reactive ketones (excluding diaryl/α,β-unsaturated/α-hetero) is 1. The molecular weight excluding hydrogens is 674 g/mol. The first-order valence-electron chi connectivity index (χ1n) is 17.4. The number of carbonyl (C=O) groups excluding carboxylic acids is 2. The number of rotatable bonds is 10. The van der Waals surface area contributed by atoms with Crippen LogP contribution >= 0.6 is 0 Å². The maximum Gasteiger partial charge on any atom is 0.340 e. The van der Waals surface area contributed by atoms with Gasteiger partial charge in [-0.05, 0) is 23.8 Å². The second kappa shape index (κ2) is 13.9. The molecule has 0 spiro atoms. The molecule has 2 aromatic carbocycles. The van der Waals surface area contributed by atoms with Gasteiger partial charge in [0.05, 0.1) is 13.7 Å². The van der Waals surface area contributed by atoms with Gasteiger partial charge in [0.25, 0.3) is 0 Å². The van der Waals surface area contributed by atoms with Crippen LogP contribution in [0.25, 0.3) is 0 Å². The Hall–Kier alpha value is -4.38. The van der Waals surface area contributed by atoms with E-state index in [1.54, 1.807) is 25.7 Å². The predicted octanol–water partition coefficient (Wildman–Crippen LogP) is 3.93. The Morgan fingerprint density at radius 3 is 2.50 bits per heavy atom. The van der Waals surface area contributed by atoms with Crippen molar-refractivity contribution in [1.29, 1.82) is 0 Å². The van der Waals surface area contributed by atoms with E-state index in [0.717, 1.165) is 12.1 Å². The summed E-state index contributed by atoms with van der Waals surface area (Å²) in [7, 11) is 1.44. The van der Waals surface area contributed by atoms with Crippen molar-refractivity contribution >= 4 is 11.8 Å². The Kier molecular flexibility index (Phi) is 9.61. The molecule has 4 heterocycles. The highest BCUT2D eigenvalue weighted by atomic mass is 19.1. The topological polar surface area (TPSA) is 118 Å². The highest BCUT2D eigenvalue weighted by Gasteiger charge is 2.71. The lowest BCUT2D eigenvalue weighted by Crippen LogP contribution is -2.72. The number of benzene rings is 2. The van der Waals surface area contributed by atoms with E-state index in [4.69, 9.17) is 14.3 Å². The summed E-state index contributed by atoms with van der Waals surface area (Å²) in [6.45, 7) is 7.36. The molecule has 0 radical (unpaired) electrons. The lowest BCUT2D eigenvalue weighted by Gasteiger charge is -2.56. The van der Waals surface area contributed by atoms with Gasteiger partial charge in [-0.1, -0.05) is 74.5 Å². The Morgan fingerprint density at radius 2 is 1.87 bits per heavy atom. The van der Waals surface area contributed by atoms with E-state index >= 15 is 9.18 Å². The first-order chi connectivity index (χ1) is 25.0. The van der Waals surface area contributed by atoms with Gasteiger partial charge < -0.3 is 14.8 Å². The summed E-state index contributed by atoms with van der Waals surface area (Å²) in [5, 5.41) is 10.4. The summed E-state index contributed by atoms with van der Waals surface area (Å²) in [4.78, 5) is 43.6. The number of urea groups is 1. The van der Waals surface area contributed by atoms with Gasteiger partial charge in [-0.15, -0.1) is 0 Å². The lowest BCUT2D eigenvalue weighted by molar-refractivity contribution is -0.338. The number of ether oxygens (including phenoxy) is 2. The number of hydroxylamine groups is 1. The smallest absolute Gasteiger partial charge is 0.340 e. The molecule has 3 saturated heterocycles. The number of hydrazine groups is 1. The summed E-state index contributed by atoms with van der Waals surface area (Å²) in [6.07, 6.45) is 9.98. The number of amides is 2. The molecule has 15 heteroatoms. The van der Waals surface area contributed by atoms with Crippen LogP contribution in [0, 0.1) is 17.0 Å². The second-order valence-electron chi connectivity index (χ2n) is 14.4. The van der Waals surface area contributed by atoms with Crippen molar-refractivity contribution in [2.75, 3.05) is 46.4 Å². The summed E-state index contributed by atoms with van der Waals surface area (Å²) in [5.41, 5.74) is -2.99. The number of nitrogens with zero attached hydrogens (tertiary/aromatic N) is 7. The van der Waals surface area contributed by atoms with Crippen molar-refractivity contribution in [2.45, 2.75) is 57.0 Å². The molecule has 0 saturated carbocycles. The highest BCUT2D eigenvalue weighted by molar-refractivity contribution is 5.90. The quantitative estimate of drug-likeness (QED) is 0.331. The monoisotopic (exact) mass is 718 g/mol. The third kappa shape index (κ3) is 5.94. The fourth-order valence-electron chi connectivity index (χ4n) is 7.72. The van der Waals surface area contributed by atoms with E-state index in [1.807, 2.05) is 54.6 Å². The molecule has 1 aliphatic carbocycles. The van der Waals surface area contributed by atoms with Crippen LogP contribution in [0.2, 0.25) is 0 Å². The van der Waals surface area contributed by atoms with E-state index in [9.17, 15) is 9.18 Å². The van der Waals surface area contributed by atoms with Crippen molar-refractivity contribution in [2.24, 2.45) is 5.41 Å². The molecule has 52 heavy (non-hydrogen) atoms. The van der Waals surface area contributed by atoms with Gasteiger partial charge in [0.1, 0.15) is 49.1 Å². The standard InChI is InChI=1S/C37H44F2N8O5/c1-34(2,3)31(48)22-45-33(49)46(35(15-9-6-10-16-35)43-19-17-40-18-20-43)37(47(45)50-4,27-11-7-5-8-12-27)32-23-51-36(52-32,24-44-26-41-25-42-44)29-14-13-28(38)21-30(29)39/h5-15,21,25-26,32,40H,16-20,22-24H2,1-4H3. The molecule has 4 aliphatic rings. The van der Waals surface area contributed by atoms with Crippen LogP contribution < -0.4 is 5.32 Å². The van der Waals surface area contributed by atoms with E-state index in [2.05, 4.69) is 20.3 Å². The Labute approximate surface area is 301 Å². The van der Waals surface area contributed by atoms with Crippen LogP contribution in [0.15, 0.2) is 85.5 Å². The van der Waals surface area contributed by atoms with Gasteiger partial charge in [-0.25, -0.2) is 28.3 Å². The SMILES string of the molecule is CON1N(CC(=O)C(C)(C)C)C(=O)N(C2(N3CCNCC3)C=CC=CC2)C1(c1ccccc1)C1COC(Cn2cncn2)(c2ccc(F)cc2F)O1. The normalized spacial score (nSPS) is 28.7. The fraction of sp³-hybridized carbons (Fsp3) is 0.459. The summed E-state index contributed by atoms with van der Waals surface area (Å²) in [5.74, 6) is -3.70. The van der Waals surface area contributed by atoms with E-state index < -0.39 is 46.3 Å². The summed E-state index contributed by atoms with van der Waals surface area (Å²) >= 11 is 0. The lowest BCUT2D eigenvalue weighted by atomic mass is 9.86. The zero-order valence-corrected chi connectivity index (χ0v) is 29.7. The van der Waals surface area contributed by atoms with E-state index in [0.29, 0.717) is 38.2 Å². The van der Waals surface area contributed by atoms with Crippen molar-refractivity contribution < 1.29 is 32.7 Å². The molecule has 2 amide bonds. The maximum atomic E-state index is 15.9. The molecule has 3 aliphatic heterocycles. The van der Waals surface area contributed by atoms with Crippen molar-refractivity contribution in [3.05, 3.63) is 108 Å². The Bertz CT molecular complexity index is 1830. The number of halogens is 2. The minimum atomic E-state index is -1.86. The van der Waals surface area contributed by atoms with Gasteiger partial charge in [-0.2, -0.15) is 5.10 Å². The van der Waals surface area contributed by atoms with Crippen LogP contribution in [-0.2, 0) is 37.1 Å². The second-order valence-corrected chi connectivity index (χ2v) is 14.4. The van der Waals surface area contributed by atoms with Crippen LogP contribution in [0.1, 0.15) is 38.3 Å². The number of nitrogens with one attached hydrogen (secondary N) is 1. The maximum absolute atomic E-state index is 15.9. The number of allylic oxidation sites excluding steroid dienone is 2. The zero-order chi connectivity index (χ0) is 36.7. The number of hydrogen-bond acceptors (Lipinski definition) is 10. The Morgan fingerprint density at radius 1 is 1.10 bits per heavy atom. The molecule has 3 fully saturated rings. The Balaban J connectivity index is 1.47. The van der Waals surface area contributed by atoms with Crippen LogP contribution in [0.4, 0.5) is 13.6 Å². The molecule has 1 aromatic heterocycles. The third-order valence-electron chi connectivity index (χ3n) is 10.3. The average molecular weight is 719 g/mol. The van der Waals surface area contributed by atoms with Gasteiger partial charge in [0.2, 0.25) is 5.79 Å². The zero-order valence-electron chi connectivity index (χ0n) is 29.7. The van der Waals surface area contributed by atoms with E-state index in [1.165, 1.54) is 40.7 Å². The first kappa shape index (κ1) is 36.0. The average Bonchev–Trinajstić information content (AvgIpc) is 3.87.